The van der Waals surface area contributed by atoms with E-state index in [9.17, 15) is 0 Å². The predicted octanol–water partition coefficient (Wildman–Crippen LogP) is 1.09. The Kier molecular flexibility index (Phi) is 0.502. The molecule has 0 fully saturated rings. The maximum atomic E-state index is 6.96. The van der Waals surface area contributed by atoms with E-state index in [1.165, 1.54) is 0 Å². The van der Waals surface area contributed by atoms with Crippen molar-refractivity contribution in [3.63, 3.8) is 0 Å². The van der Waals surface area contributed by atoms with Gasteiger partial charge in [0.1, 0.15) is 7.98 Å². The maximum absolute atomic E-state index is 6.96. The second kappa shape index (κ2) is 1.65. The van der Waals surface area contributed by atoms with Crippen LogP contribution in [-0.2, 0) is 4.74 Å². The number of hydrogen-bond acceptors (Lipinski definition) is 1. The molecule has 0 bridgehead atoms. The van der Waals surface area contributed by atoms with Crippen LogP contribution < -0.4 is 0 Å². The van der Waals surface area contributed by atoms with Crippen LogP contribution in [0.2, 0.25) is 0 Å². The quantitative estimate of drug-likeness (QED) is 0.427. The molecule has 1 heterocycles. The molecule has 0 N–H and O–H groups in total. The molecule has 1 rings (SSSR count). The van der Waals surface area contributed by atoms with Crippen molar-refractivity contribution >= 4 is 0 Å². The fraction of sp³-hybridized carbons (Fsp3) is 0.200. The van der Waals surface area contributed by atoms with Crippen LogP contribution in [0.1, 0.15) is 2.74 Å². The van der Waals surface area contributed by atoms with Gasteiger partial charge in [-0.25, -0.2) is 0 Å². The molecule has 0 radical (unpaired) electrons. The molecule has 0 aliphatic carbocycles. The first-order chi connectivity index (χ1) is 3.80. The zero-order chi connectivity index (χ0) is 5.98. The van der Waals surface area contributed by atoms with E-state index in [1.54, 1.807) is 12.2 Å². The van der Waals surface area contributed by atoms with Crippen molar-refractivity contribution in [2.24, 2.45) is 0 Å². The lowest BCUT2D eigenvalue weighted by molar-refractivity contribution is 0.286. The molecule has 1 nitrogen and oxygen atoms in total. The van der Waals surface area contributed by atoms with E-state index in [1.807, 2.05) is 0 Å². The lowest BCUT2D eigenvalue weighted by Crippen LogP contribution is -1.82. The topological polar surface area (TPSA) is 9.23 Å². The molecule has 32 valence electrons. The van der Waals surface area contributed by atoms with E-state index in [2.05, 4.69) is 4.74 Å². The first kappa shape index (κ1) is 1.82. The van der Waals surface area contributed by atoms with Crippen LogP contribution in [0.25, 0.3) is 0 Å². The molecule has 0 saturated heterocycles. The van der Waals surface area contributed by atoms with Gasteiger partial charge in [-0.15, -0.1) is 0 Å². The minimum absolute atomic E-state index is 0.0347. The van der Waals surface area contributed by atoms with E-state index >= 15 is 0 Å². The van der Waals surface area contributed by atoms with E-state index in [0.29, 0.717) is 6.61 Å². The fourth-order valence-corrected chi connectivity index (χ4v) is 0.273. The van der Waals surface area contributed by atoms with Crippen molar-refractivity contribution in [1.82, 2.24) is 0 Å². The Morgan fingerprint density at radius 2 is 2.83 bits per heavy atom. The summed E-state index contributed by atoms with van der Waals surface area (Å²) >= 11 is 0. The van der Waals surface area contributed by atoms with Crippen molar-refractivity contribution in [2.45, 2.75) is 0 Å². The summed E-state index contributed by atoms with van der Waals surface area (Å²) in [5.74, 6) is 0. The van der Waals surface area contributed by atoms with E-state index < -0.39 is 0 Å². The van der Waals surface area contributed by atoms with Gasteiger partial charge in [-0.3, -0.25) is 0 Å². The van der Waals surface area contributed by atoms with Crippen LogP contribution in [0.4, 0.5) is 0 Å². The summed E-state index contributed by atoms with van der Waals surface area (Å²) in [6, 6.07) is 0.149. The second-order valence-corrected chi connectivity index (χ2v) is 0.960. The molecule has 0 saturated carbocycles. The summed E-state index contributed by atoms with van der Waals surface area (Å²) < 4.78 is 18.5. The van der Waals surface area contributed by atoms with Gasteiger partial charge in [0.05, 0.1) is 7.61 Å². The van der Waals surface area contributed by atoms with Crippen LogP contribution in [0.15, 0.2) is 24.4 Å². The molecule has 0 amide bonds. The second-order valence-electron chi connectivity index (χ2n) is 0.960. The number of ether oxygens (including phenoxy) is 1. The van der Waals surface area contributed by atoms with Gasteiger partial charge in [0.25, 0.3) is 0 Å². The van der Waals surface area contributed by atoms with Crippen LogP contribution >= 0.6 is 0 Å². The zero-order valence-electron chi connectivity index (χ0n) is 5.27. The van der Waals surface area contributed by atoms with Crippen LogP contribution in [0.5, 0.6) is 0 Å². The molecular weight excluding hydrogens is 76.1 g/mol. The average molecular weight is 84.1 g/mol. The zero-order valence-corrected chi connectivity index (χ0v) is 3.27. The summed E-state index contributed by atoms with van der Waals surface area (Å²) in [5, 5.41) is 0. The molecule has 1 aliphatic rings. The fourth-order valence-electron chi connectivity index (χ4n) is 0.273. The summed E-state index contributed by atoms with van der Waals surface area (Å²) in [5.41, 5.74) is 0. The number of hydrogen-bond donors (Lipinski definition) is 0. The predicted molar refractivity (Wildman–Crippen MR) is 24.2 cm³/mol. The smallest absolute Gasteiger partial charge is 0.106 e. The van der Waals surface area contributed by atoms with Crippen molar-refractivity contribution in [1.29, 1.82) is 0 Å². The highest BCUT2D eigenvalue weighted by atomic mass is 16.5. The van der Waals surface area contributed by atoms with Gasteiger partial charge in [0, 0.05) is 0 Å². The Morgan fingerprint density at radius 1 is 1.83 bits per heavy atom. The van der Waals surface area contributed by atoms with Crippen LogP contribution in [0.3, 0.4) is 0 Å². The SMILES string of the molecule is [2H]C1=C([2H])OCC=C1. The number of allylic oxidation sites excluding steroid dienone is 2. The van der Waals surface area contributed by atoms with Gasteiger partial charge in [-0.2, -0.15) is 0 Å². The molecule has 6 heavy (non-hydrogen) atoms. The molecule has 0 aromatic rings. The maximum Gasteiger partial charge on any atom is 0.106 e. The third-order valence-corrected chi connectivity index (χ3v) is 0.512. The van der Waals surface area contributed by atoms with Crippen molar-refractivity contribution in [3.8, 4) is 0 Å². The van der Waals surface area contributed by atoms with Crippen LogP contribution in [0, 0.1) is 0 Å². The number of rotatable bonds is 0. The Labute approximate surface area is 39.7 Å². The Balaban J connectivity index is 2.76. The minimum atomic E-state index is -0.0347. The lowest BCUT2D eigenvalue weighted by Gasteiger charge is -1.94. The first-order valence-electron chi connectivity index (χ1n) is 2.77. The molecule has 1 aliphatic heterocycles. The normalized spacial score (nSPS) is 25.3. The highest BCUT2D eigenvalue weighted by Crippen LogP contribution is 1.87. The molecule has 0 atom stereocenters. The molecule has 0 unspecified atom stereocenters. The van der Waals surface area contributed by atoms with Gasteiger partial charge < -0.3 is 4.74 Å². The lowest BCUT2D eigenvalue weighted by atomic mass is 10.5. The third kappa shape index (κ3) is 0.612. The monoisotopic (exact) mass is 84.1 g/mol. The average Bonchev–Trinajstić information content (AvgIpc) is 1.77. The Bertz CT molecular complexity index is 149. The van der Waals surface area contributed by atoms with Gasteiger partial charge in [-0.1, -0.05) is 6.08 Å². The molecule has 0 aromatic carbocycles. The first-order valence-corrected chi connectivity index (χ1v) is 1.77. The largest absolute Gasteiger partial charge is 0.497 e. The van der Waals surface area contributed by atoms with Crippen LogP contribution in [-0.4, -0.2) is 6.61 Å². The summed E-state index contributed by atoms with van der Waals surface area (Å²) in [7, 11) is 0. The Morgan fingerprint density at radius 3 is 3.33 bits per heavy atom. The van der Waals surface area contributed by atoms with Crippen molar-refractivity contribution in [3.05, 3.63) is 24.4 Å². The van der Waals surface area contributed by atoms with E-state index in [-0.39, 0.29) is 12.3 Å². The Hall–Kier alpha value is -0.720. The summed E-state index contributed by atoms with van der Waals surface area (Å²) in [6.07, 6.45) is 3.24. The third-order valence-electron chi connectivity index (χ3n) is 0.512. The minimum Gasteiger partial charge on any atom is -0.497 e. The highest BCUT2D eigenvalue weighted by Gasteiger charge is 1.75. The highest BCUT2D eigenvalue weighted by molar-refractivity contribution is 5.02. The molecular formula is C5H6O. The summed E-state index contributed by atoms with van der Waals surface area (Å²) in [4.78, 5) is 0. The molecule has 0 spiro atoms. The van der Waals surface area contributed by atoms with E-state index in [4.69, 9.17) is 2.74 Å². The van der Waals surface area contributed by atoms with Gasteiger partial charge in [0.15, 0.2) is 0 Å². The summed E-state index contributed by atoms with van der Waals surface area (Å²) in [6.45, 7) is 0.432. The molecule has 0 aromatic heterocycles. The van der Waals surface area contributed by atoms with Gasteiger partial charge in [0.2, 0.25) is 0 Å². The molecule has 1 heteroatoms. The van der Waals surface area contributed by atoms with Gasteiger partial charge in [-0.05, 0) is 12.1 Å². The van der Waals surface area contributed by atoms with Crippen molar-refractivity contribution < 1.29 is 7.48 Å². The van der Waals surface area contributed by atoms with E-state index in [0.717, 1.165) is 0 Å². The van der Waals surface area contributed by atoms with Crippen molar-refractivity contribution in [2.75, 3.05) is 6.61 Å². The van der Waals surface area contributed by atoms with Gasteiger partial charge >= 0.3 is 0 Å². The standard InChI is InChI=1S/C5H6O/c1-2-4-6-5-3-1/h1-4H,5H2/i2D,4D.